The first kappa shape index (κ1) is 16.5. The number of ether oxygens (including phenoxy) is 1. The molecule has 0 aromatic carbocycles. The fourth-order valence-electron chi connectivity index (χ4n) is 1.93. The van der Waals surface area contributed by atoms with Gasteiger partial charge in [0.05, 0.1) is 6.61 Å². The molecule has 9 nitrogen and oxygen atoms in total. The Bertz CT molecular complexity index is 686. The number of carbonyl (C=O) groups is 2. The van der Waals surface area contributed by atoms with Gasteiger partial charge in [-0.05, 0) is 12.1 Å². The third-order valence-corrected chi connectivity index (χ3v) is 5.01. The monoisotopic (exact) mass is 332 g/mol. The van der Waals surface area contributed by atoms with Crippen LogP contribution in [0.25, 0.3) is 0 Å². The zero-order chi connectivity index (χ0) is 16.5. The summed E-state index contributed by atoms with van der Waals surface area (Å²) in [6, 6.07) is 2.32. The predicted octanol–water partition coefficient (Wildman–Crippen LogP) is -0.497. The van der Waals surface area contributed by atoms with Crippen LogP contribution in [0.2, 0.25) is 0 Å². The summed E-state index contributed by atoms with van der Waals surface area (Å²) in [5.74, 6) is -2.31. The lowest BCUT2D eigenvalue weighted by molar-refractivity contribution is -0.144. The van der Waals surface area contributed by atoms with Crippen molar-refractivity contribution in [3.8, 4) is 0 Å². The standard InChI is InChI=1S/C12H16N2O7S/c1-14(2)22(18,19)9-4-3-8(21-9)10(15)13-12(11(16)17)5-6-20-7-12/h3-4H,5-7H2,1-2H3,(H,13,15)(H,16,17). The Morgan fingerprint density at radius 2 is 2.05 bits per heavy atom. The van der Waals surface area contributed by atoms with Crippen LogP contribution >= 0.6 is 0 Å². The van der Waals surface area contributed by atoms with E-state index in [1.165, 1.54) is 20.2 Å². The van der Waals surface area contributed by atoms with Crippen molar-refractivity contribution in [2.24, 2.45) is 0 Å². The number of carboxylic acid groups (broad SMARTS) is 1. The second kappa shape index (κ2) is 5.71. The number of hydrogen-bond acceptors (Lipinski definition) is 6. The van der Waals surface area contributed by atoms with Gasteiger partial charge in [0.2, 0.25) is 5.09 Å². The van der Waals surface area contributed by atoms with E-state index in [0.29, 0.717) is 0 Å². The van der Waals surface area contributed by atoms with Crippen molar-refractivity contribution < 1.29 is 32.3 Å². The van der Waals surface area contributed by atoms with E-state index >= 15 is 0 Å². The lowest BCUT2D eigenvalue weighted by atomic mass is 9.99. The van der Waals surface area contributed by atoms with E-state index in [-0.39, 0.29) is 25.4 Å². The Morgan fingerprint density at radius 1 is 1.36 bits per heavy atom. The molecule has 1 amide bonds. The highest BCUT2D eigenvalue weighted by atomic mass is 32.2. The number of furan rings is 1. The minimum atomic E-state index is -3.80. The Balaban J connectivity index is 2.21. The van der Waals surface area contributed by atoms with Gasteiger partial charge in [-0.1, -0.05) is 0 Å². The molecule has 1 fully saturated rings. The number of carbonyl (C=O) groups excluding carboxylic acids is 1. The molecule has 22 heavy (non-hydrogen) atoms. The minimum absolute atomic E-state index is 0.123. The van der Waals surface area contributed by atoms with Gasteiger partial charge in [-0.2, -0.15) is 0 Å². The maximum Gasteiger partial charge on any atom is 0.331 e. The topological polar surface area (TPSA) is 126 Å². The molecular formula is C12H16N2O7S. The number of hydrogen-bond donors (Lipinski definition) is 2. The minimum Gasteiger partial charge on any atom is -0.479 e. The number of amides is 1. The number of rotatable bonds is 5. The molecule has 1 atom stereocenters. The quantitative estimate of drug-likeness (QED) is 0.744. The van der Waals surface area contributed by atoms with Crippen LogP contribution in [0, 0.1) is 0 Å². The van der Waals surface area contributed by atoms with Crippen LogP contribution in [0.15, 0.2) is 21.6 Å². The third kappa shape index (κ3) is 2.85. The highest BCUT2D eigenvalue weighted by Crippen LogP contribution is 2.21. The maximum absolute atomic E-state index is 12.1. The molecule has 0 saturated carbocycles. The van der Waals surface area contributed by atoms with Gasteiger partial charge in [0.1, 0.15) is 0 Å². The van der Waals surface area contributed by atoms with E-state index < -0.39 is 32.5 Å². The summed E-state index contributed by atoms with van der Waals surface area (Å²) in [4.78, 5) is 23.4. The van der Waals surface area contributed by atoms with Crippen molar-refractivity contribution >= 4 is 21.9 Å². The highest BCUT2D eigenvalue weighted by Gasteiger charge is 2.44. The van der Waals surface area contributed by atoms with E-state index in [4.69, 9.17) is 9.15 Å². The molecule has 10 heteroatoms. The summed E-state index contributed by atoms with van der Waals surface area (Å²) in [5.41, 5.74) is -1.52. The second-order valence-electron chi connectivity index (χ2n) is 5.05. The number of aliphatic carboxylic acids is 1. The molecule has 0 spiro atoms. The summed E-state index contributed by atoms with van der Waals surface area (Å²) in [7, 11) is -1.15. The average Bonchev–Trinajstić information content (AvgIpc) is 3.07. The SMILES string of the molecule is CN(C)S(=O)(=O)c1ccc(C(=O)NC2(C(=O)O)CCOC2)o1. The number of sulfonamides is 1. The van der Waals surface area contributed by atoms with Crippen molar-refractivity contribution in [2.75, 3.05) is 27.3 Å². The van der Waals surface area contributed by atoms with Crippen LogP contribution in [0.5, 0.6) is 0 Å². The Morgan fingerprint density at radius 3 is 2.55 bits per heavy atom. The van der Waals surface area contributed by atoms with Gasteiger partial charge < -0.3 is 19.6 Å². The highest BCUT2D eigenvalue weighted by molar-refractivity contribution is 7.88. The van der Waals surface area contributed by atoms with Crippen LogP contribution < -0.4 is 5.32 Å². The smallest absolute Gasteiger partial charge is 0.331 e. The van der Waals surface area contributed by atoms with E-state index in [9.17, 15) is 23.1 Å². The van der Waals surface area contributed by atoms with Gasteiger partial charge >= 0.3 is 5.97 Å². The van der Waals surface area contributed by atoms with Crippen molar-refractivity contribution in [2.45, 2.75) is 17.1 Å². The average molecular weight is 332 g/mol. The molecule has 2 N–H and O–H groups in total. The van der Waals surface area contributed by atoms with E-state index in [1.54, 1.807) is 0 Å². The van der Waals surface area contributed by atoms with Crippen LogP contribution in [0.4, 0.5) is 0 Å². The molecule has 1 unspecified atom stereocenters. The Hall–Kier alpha value is -1.91. The van der Waals surface area contributed by atoms with Crippen LogP contribution in [-0.2, 0) is 19.6 Å². The summed E-state index contributed by atoms with van der Waals surface area (Å²) in [6.07, 6.45) is 0.123. The largest absolute Gasteiger partial charge is 0.479 e. The number of nitrogens with one attached hydrogen (secondary N) is 1. The van der Waals surface area contributed by atoms with Crippen LogP contribution in [-0.4, -0.2) is 62.6 Å². The molecule has 0 radical (unpaired) electrons. The Labute approximate surface area is 126 Å². The first-order chi connectivity index (χ1) is 10.2. The van der Waals surface area contributed by atoms with Gasteiger partial charge in [-0.15, -0.1) is 0 Å². The van der Waals surface area contributed by atoms with E-state index in [2.05, 4.69) is 5.32 Å². The fraction of sp³-hybridized carbons (Fsp3) is 0.500. The predicted molar refractivity (Wildman–Crippen MR) is 72.8 cm³/mol. The summed E-state index contributed by atoms with van der Waals surface area (Å²) in [5, 5.41) is 11.2. The van der Waals surface area contributed by atoms with Crippen LogP contribution in [0.3, 0.4) is 0 Å². The Kier molecular flexibility index (Phi) is 4.27. The molecule has 1 saturated heterocycles. The zero-order valence-electron chi connectivity index (χ0n) is 12.0. The van der Waals surface area contributed by atoms with Crippen LogP contribution in [0.1, 0.15) is 17.0 Å². The molecule has 1 aromatic rings. The summed E-state index contributed by atoms with van der Waals surface area (Å²) < 4.78 is 34.7. The molecule has 1 aliphatic rings. The van der Waals surface area contributed by atoms with Crippen molar-refractivity contribution in [3.63, 3.8) is 0 Å². The van der Waals surface area contributed by atoms with E-state index in [1.807, 2.05) is 0 Å². The zero-order valence-corrected chi connectivity index (χ0v) is 12.8. The first-order valence-electron chi connectivity index (χ1n) is 6.35. The fourth-order valence-corrected chi connectivity index (χ4v) is 2.72. The lowest BCUT2D eigenvalue weighted by Crippen LogP contribution is -2.55. The lowest BCUT2D eigenvalue weighted by Gasteiger charge is -2.22. The summed E-state index contributed by atoms with van der Waals surface area (Å²) >= 11 is 0. The molecule has 1 aliphatic heterocycles. The van der Waals surface area contributed by atoms with Crippen molar-refractivity contribution in [1.29, 1.82) is 0 Å². The van der Waals surface area contributed by atoms with Crippen molar-refractivity contribution in [1.82, 2.24) is 9.62 Å². The second-order valence-corrected chi connectivity index (χ2v) is 7.13. The molecule has 0 aliphatic carbocycles. The molecule has 122 valence electrons. The normalized spacial score (nSPS) is 22.0. The first-order valence-corrected chi connectivity index (χ1v) is 7.79. The molecule has 2 rings (SSSR count). The van der Waals surface area contributed by atoms with Crippen molar-refractivity contribution in [3.05, 3.63) is 17.9 Å². The molecule has 2 heterocycles. The van der Waals surface area contributed by atoms with Gasteiger partial charge in [-0.3, -0.25) is 4.79 Å². The van der Waals surface area contributed by atoms with Gasteiger partial charge in [0.25, 0.3) is 15.9 Å². The third-order valence-electron chi connectivity index (χ3n) is 3.32. The van der Waals surface area contributed by atoms with Gasteiger partial charge in [0, 0.05) is 27.1 Å². The molecule has 1 aromatic heterocycles. The van der Waals surface area contributed by atoms with E-state index in [0.717, 1.165) is 10.4 Å². The number of nitrogens with zero attached hydrogens (tertiary/aromatic N) is 1. The maximum atomic E-state index is 12.1. The summed E-state index contributed by atoms with van der Waals surface area (Å²) in [6.45, 7) is 0.0582. The van der Waals surface area contributed by atoms with Gasteiger partial charge in [-0.25, -0.2) is 17.5 Å². The van der Waals surface area contributed by atoms with Gasteiger partial charge in [0.15, 0.2) is 11.3 Å². The number of carboxylic acids is 1. The molecular weight excluding hydrogens is 316 g/mol. The molecule has 0 bridgehead atoms.